The van der Waals surface area contributed by atoms with Gasteiger partial charge in [-0.15, -0.1) is 0 Å². The Bertz CT molecular complexity index is 537. The average Bonchev–Trinajstić information content (AvgIpc) is 2.93. The van der Waals surface area contributed by atoms with Crippen molar-refractivity contribution in [1.82, 2.24) is 9.78 Å². The van der Waals surface area contributed by atoms with Crippen LogP contribution in [0, 0.1) is 0 Å². The van der Waals surface area contributed by atoms with Crippen molar-refractivity contribution in [3.63, 3.8) is 0 Å². The molecule has 5 heteroatoms. The van der Waals surface area contributed by atoms with Crippen LogP contribution in [-0.2, 0) is 13.0 Å². The number of methoxy groups -OCH3 is 1. The van der Waals surface area contributed by atoms with Crippen molar-refractivity contribution >= 4 is 5.69 Å². The van der Waals surface area contributed by atoms with Crippen LogP contribution in [-0.4, -0.2) is 34.6 Å². The number of hydrogen-bond donors (Lipinski definition) is 2. The number of aromatic nitrogens is 2. The lowest BCUT2D eigenvalue weighted by atomic mass is 10.1. The van der Waals surface area contributed by atoms with E-state index in [1.165, 1.54) is 5.56 Å². The Morgan fingerprint density at radius 1 is 1.33 bits per heavy atom. The van der Waals surface area contributed by atoms with Gasteiger partial charge in [-0.3, -0.25) is 4.68 Å². The fourth-order valence-corrected chi connectivity index (χ4v) is 2.19. The van der Waals surface area contributed by atoms with Crippen molar-refractivity contribution in [2.45, 2.75) is 32.4 Å². The fraction of sp³-hybridized carbons (Fsp3) is 0.438. The van der Waals surface area contributed by atoms with Crippen molar-refractivity contribution in [3.8, 4) is 5.75 Å². The van der Waals surface area contributed by atoms with E-state index in [-0.39, 0.29) is 6.61 Å². The first-order valence-electron chi connectivity index (χ1n) is 7.24. The summed E-state index contributed by atoms with van der Waals surface area (Å²) in [5.74, 6) is 0.890. The molecule has 0 spiro atoms. The van der Waals surface area contributed by atoms with E-state index in [9.17, 15) is 0 Å². The lowest BCUT2D eigenvalue weighted by Crippen LogP contribution is -2.15. The molecule has 0 amide bonds. The molecule has 0 aliphatic carbocycles. The van der Waals surface area contributed by atoms with Crippen LogP contribution in [0.3, 0.4) is 0 Å². The number of aryl methyl sites for hydroxylation is 1. The fourth-order valence-electron chi connectivity index (χ4n) is 2.19. The van der Waals surface area contributed by atoms with E-state index in [1.54, 1.807) is 18.0 Å². The molecule has 21 heavy (non-hydrogen) atoms. The Labute approximate surface area is 125 Å². The van der Waals surface area contributed by atoms with Crippen molar-refractivity contribution < 1.29 is 9.84 Å². The third-order valence-corrected chi connectivity index (χ3v) is 3.40. The highest BCUT2D eigenvalue weighted by Crippen LogP contribution is 2.14. The van der Waals surface area contributed by atoms with Crippen LogP contribution in [0.2, 0.25) is 0 Å². The number of aliphatic hydroxyl groups excluding tert-OH is 1. The summed E-state index contributed by atoms with van der Waals surface area (Å²) in [6, 6.07) is 8.55. The largest absolute Gasteiger partial charge is 0.497 e. The summed E-state index contributed by atoms with van der Waals surface area (Å²) in [5, 5.41) is 16.5. The lowest BCUT2D eigenvalue weighted by molar-refractivity contribution is 0.269. The lowest BCUT2D eigenvalue weighted by Gasteiger charge is -2.13. The van der Waals surface area contributed by atoms with E-state index in [1.807, 2.05) is 18.3 Å². The molecule has 1 atom stereocenters. The number of aliphatic hydroxyl groups is 1. The average molecular weight is 289 g/mol. The molecule has 0 fully saturated rings. The molecule has 114 valence electrons. The highest BCUT2D eigenvalue weighted by molar-refractivity contribution is 5.39. The van der Waals surface area contributed by atoms with Crippen molar-refractivity contribution in [2.24, 2.45) is 0 Å². The molecule has 0 bridgehead atoms. The molecule has 5 nitrogen and oxygen atoms in total. The van der Waals surface area contributed by atoms with Crippen LogP contribution < -0.4 is 10.1 Å². The molecule has 0 aliphatic rings. The van der Waals surface area contributed by atoms with E-state index < -0.39 is 0 Å². The third-order valence-electron chi connectivity index (χ3n) is 3.40. The number of ether oxygens (including phenoxy) is 1. The van der Waals surface area contributed by atoms with Crippen LogP contribution in [0.25, 0.3) is 0 Å². The number of nitrogens with one attached hydrogen (secondary N) is 1. The van der Waals surface area contributed by atoms with Gasteiger partial charge in [0.15, 0.2) is 0 Å². The third kappa shape index (κ3) is 4.79. The van der Waals surface area contributed by atoms with Crippen LogP contribution in [0.4, 0.5) is 5.69 Å². The van der Waals surface area contributed by atoms with Crippen LogP contribution in [0.1, 0.15) is 18.9 Å². The van der Waals surface area contributed by atoms with Gasteiger partial charge in [0.05, 0.1) is 32.1 Å². The first-order valence-corrected chi connectivity index (χ1v) is 7.24. The van der Waals surface area contributed by atoms with Crippen LogP contribution in [0.15, 0.2) is 36.7 Å². The second-order valence-corrected chi connectivity index (χ2v) is 5.15. The zero-order valence-electron chi connectivity index (χ0n) is 12.6. The van der Waals surface area contributed by atoms with Crippen molar-refractivity contribution in [1.29, 1.82) is 0 Å². The Hall–Kier alpha value is -2.01. The van der Waals surface area contributed by atoms with Gasteiger partial charge in [-0.2, -0.15) is 5.10 Å². The number of hydrogen-bond acceptors (Lipinski definition) is 4. The zero-order chi connectivity index (χ0) is 15.1. The van der Waals surface area contributed by atoms with Crippen molar-refractivity contribution in [3.05, 3.63) is 42.2 Å². The quantitative estimate of drug-likeness (QED) is 0.783. The van der Waals surface area contributed by atoms with Gasteiger partial charge in [0.1, 0.15) is 5.75 Å². The molecule has 0 radical (unpaired) electrons. The molecule has 1 aromatic carbocycles. The monoisotopic (exact) mass is 289 g/mol. The maximum Gasteiger partial charge on any atom is 0.118 e. The number of nitrogens with zero attached hydrogens (tertiary/aromatic N) is 2. The molecule has 2 rings (SSSR count). The van der Waals surface area contributed by atoms with Gasteiger partial charge in [0, 0.05) is 12.2 Å². The molecule has 1 aromatic heterocycles. The molecule has 0 aliphatic heterocycles. The Balaban J connectivity index is 1.79. The summed E-state index contributed by atoms with van der Waals surface area (Å²) in [6.07, 6.45) is 5.76. The van der Waals surface area contributed by atoms with Gasteiger partial charge < -0.3 is 15.2 Å². The summed E-state index contributed by atoms with van der Waals surface area (Å²) >= 11 is 0. The molecular weight excluding hydrogens is 266 g/mol. The maximum atomic E-state index is 8.87. The highest BCUT2D eigenvalue weighted by Gasteiger charge is 2.05. The molecule has 2 N–H and O–H groups in total. The Morgan fingerprint density at radius 2 is 2.10 bits per heavy atom. The summed E-state index contributed by atoms with van der Waals surface area (Å²) in [5.41, 5.74) is 2.30. The highest BCUT2D eigenvalue weighted by atomic mass is 16.5. The van der Waals surface area contributed by atoms with E-state index in [4.69, 9.17) is 9.84 Å². The predicted molar refractivity (Wildman–Crippen MR) is 83.7 cm³/mol. The normalized spacial score (nSPS) is 12.1. The zero-order valence-corrected chi connectivity index (χ0v) is 12.6. The Kier molecular flexibility index (Phi) is 5.63. The molecule has 0 saturated carbocycles. The number of benzene rings is 1. The van der Waals surface area contributed by atoms with Gasteiger partial charge in [-0.25, -0.2) is 0 Å². The first-order chi connectivity index (χ1) is 10.2. The maximum absolute atomic E-state index is 8.87. The number of rotatable bonds is 8. The van der Waals surface area contributed by atoms with E-state index >= 15 is 0 Å². The molecule has 2 aromatic rings. The minimum Gasteiger partial charge on any atom is -0.497 e. The van der Waals surface area contributed by atoms with E-state index in [0.29, 0.717) is 12.6 Å². The summed E-state index contributed by atoms with van der Waals surface area (Å²) in [6.45, 7) is 2.79. The smallest absolute Gasteiger partial charge is 0.118 e. The molecule has 0 saturated heterocycles. The second kappa shape index (κ2) is 7.69. The van der Waals surface area contributed by atoms with Gasteiger partial charge in [-0.05, 0) is 37.5 Å². The first kappa shape index (κ1) is 15.4. The summed E-state index contributed by atoms with van der Waals surface area (Å²) in [4.78, 5) is 0. The molecule has 1 unspecified atom stereocenters. The van der Waals surface area contributed by atoms with E-state index in [0.717, 1.165) is 24.3 Å². The SMILES string of the molecule is COc1ccc(CCC(C)Nc2cnn(CCO)c2)cc1. The summed E-state index contributed by atoms with van der Waals surface area (Å²) in [7, 11) is 1.68. The summed E-state index contributed by atoms with van der Waals surface area (Å²) < 4.78 is 6.89. The van der Waals surface area contributed by atoms with Gasteiger partial charge in [-0.1, -0.05) is 12.1 Å². The van der Waals surface area contributed by atoms with E-state index in [2.05, 4.69) is 29.5 Å². The van der Waals surface area contributed by atoms with Gasteiger partial charge in [0.25, 0.3) is 0 Å². The second-order valence-electron chi connectivity index (χ2n) is 5.15. The van der Waals surface area contributed by atoms with Crippen molar-refractivity contribution in [2.75, 3.05) is 19.0 Å². The minimum absolute atomic E-state index is 0.105. The molecule has 1 heterocycles. The van der Waals surface area contributed by atoms with Gasteiger partial charge in [0.2, 0.25) is 0 Å². The topological polar surface area (TPSA) is 59.3 Å². The minimum atomic E-state index is 0.105. The molecular formula is C16H23N3O2. The van der Waals surface area contributed by atoms with Crippen LogP contribution in [0.5, 0.6) is 5.75 Å². The van der Waals surface area contributed by atoms with Gasteiger partial charge >= 0.3 is 0 Å². The standard InChI is InChI=1S/C16H23N3O2/c1-13(18-15-11-17-19(12-15)9-10-20)3-4-14-5-7-16(21-2)8-6-14/h5-8,11-13,18,20H,3-4,9-10H2,1-2H3. The predicted octanol–water partition coefficient (Wildman–Crippen LogP) is 2.32. The Morgan fingerprint density at radius 3 is 2.76 bits per heavy atom. The number of anilines is 1. The van der Waals surface area contributed by atoms with Crippen LogP contribution >= 0.6 is 0 Å².